The van der Waals surface area contributed by atoms with Gasteiger partial charge in [-0.25, -0.2) is 0 Å². The van der Waals surface area contributed by atoms with Crippen molar-refractivity contribution in [2.45, 2.75) is 47.2 Å². The van der Waals surface area contributed by atoms with Gasteiger partial charge in [0.25, 0.3) is 0 Å². The first-order valence-corrected chi connectivity index (χ1v) is 10.0. The largest absolute Gasteiger partial charge is 0.490 e. The van der Waals surface area contributed by atoms with Gasteiger partial charge in [0.15, 0.2) is 17.5 Å². The molecule has 2 aromatic rings. The summed E-state index contributed by atoms with van der Waals surface area (Å²) in [4.78, 5) is 4.67. The highest BCUT2D eigenvalue weighted by Gasteiger charge is 2.12. The van der Waals surface area contributed by atoms with E-state index >= 15 is 0 Å². The van der Waals surface area contributed by atoms with Crippen molar-refractivity contribution in [2.75, 3.05) is 26.3 Å². The molecule has 1 aromatic heterocycles. The summed E-state index contributed by atoms with van der Waals surface area (Å²) in [6.07, 6.45) is 3.88. The first kappa shape index (κ1) is 21.6. The molecule has 0 spiro atoms. The normalized spacial score (nSPS) is 12.5. The van der Waals surface area contributed by atoms with E-state index in [0.29, 0.717) is 19.8 Å². The Kier molecular flexibility index (Phi) is 8.65. The molecule has 0 saturated carbocycles. The smallest absolute Gasteiger partial charge is 0.191 e. The average Bonchev–Trinajstić information content (AvgIpc) is 3.08. The number of nitrogens with zero attached hydrogens (tertiary/aromatic N) is 3. The third-order valence-electron chi connectivity index (χ3n) is 4.13. The van der Waals surface area contributed by atoms with E-state index in [0.717, 1.165) is 41.7 Å². The summed E-state index contributed by atoms with van der Waals surface area (Å²) in [6.45, 7) is 13.5. The maximum atomic E-state index is 5.74. The van der Waals surface area contributed by atoms with Crippen molar-refractivity contribution >= 4 is 5.96 Å². The van der Waals surface area contributed by atoms with Crippen LogP contribution in [-0.4, -0.2) is 42.0 Å². The van der Waals surface area contributed by atoms with Crippen LogP contribution in [0.5, 0.6) is 11.5 Å². The second-order valence-corrected chi connectivity index (χ2v) is 6.48. The first-order valence-electron chi connectivity index (χ1n) is 10.0. The molecule has 1 aromatic carbocycles. The van der Waals surface area contributed by atoms with Crippen LogP contribution in [0, 0.1) is 6.92 Å². The third kappa shape index (κ3) is 6.48. The van der Waals surface area contributed by atoms with E-state index in [4.69, 9.17) is 9.47 Å². The van der Waals surface area contributed by atoms with Crippen LogP contribution in [-0.2, 0) is 6.54 Å². The maximum absolute atomic E-state index is 5.74. The third-order valence-corrected chi connectivity index (χ3v) is 4.13. The van der Waals surface area contributed by atoms with E-state index in [1.54, 1.807) is 0 Å². The molecule has 7 heteroatoms. The molecule has 0 aliphatic heterocycles. The van der Waals surface area contributed by atoms with Crippen molar-refractivity contribution < 1.29 is 9.47 Å². The van der Waals surface area contributed by atoms with Crippen molar-refractivity contribution in [3.05, 3.63) is 41.7 Å². The van der Waals surface area contributed by atoms with Crippen molar-refractivity contribution in [1.29, 1.82) is 0 Å². The van der Waals surface area contributed by atoms with Crippen LogP contribution in [0.25, 0.3) is 0 Å². The summed E-state index contributed by atoms with van der Waals surface area (Å²) in [5.41, 5.74) is 2.27. The summed E-state index contributed by atoms with van der Waals surface area (Å²) >= 11 is 0. The molecule has 0 radical (unpaired) electrons. The highest BCUT2D eigenvalue weighted by molar-refractivity contribution is 5.80. The van der Waals surface area contributed by atoms with Gasteiger partial charge in [-0.2, -0.15) is 5.10 Å². The Hall–Kier alpha value is -2.70. The van der Waals surface area contributed by atoms with E-state index < -0.39 is 0 Å². The Morgan fingerprint density at radius 3 is 2.57 bits per heavy atom. The second kappa shape index (κ2) is 11.2. The number of ether oxygens (including phenoxy) is 2. The number of hydrogen-bond donors (Lipinski definition) is 2. The van der Waals surface area contributed by atoms with Crippen molar-refractivity contribution in [2.24, 2.45) is 4.99 Å². The molecule has 0 amide bonds. The van der Waals surface area contributed by atoms with Crippen molar-refractivity contribution in [3.8, 4) is 11.5 Å². The number of nitrogens with one attached hydrogen (secondary N) is 2. The summed E-state index contributed by atoms with van der Waals surface area (Å²) in [7, 11) is 0. The van der Waals surface area contributed by atoms with Crippen molar-refractivity contribution in [3.63, 3.8) is 0 Å². The van der Waals surface area contributed by atoms with Gasteiger partial charge in [-0.3, -0.25) is 9.67 Å². The first-order chi connectivity index (χ1) is 13.6. The van der Waals surface area contributed by atoms with Gasteiger partial charge in [0, 0.05) is 12.7 Å². The zero-order valence-electron chi connectivity index (χ0n) is 17.7. The van der Waals surface area contributed by atoms with E-state index in [2.05, 4.69) is 40.6 Å². The molecular formula is C21H33N5O2. The predicted octanol–water partition coefficient (Wildman–Crippen LogP) is 3.31. The highest BCUT2D eigenvalue weighted by atomic mass is 16.5. The maximum Gasteiger partial charge on any atom is 0.191 e. The number of rotatable bonds is 10. The fourth-order valence-corrected chi connectivity index (χ4v) is 2.80. The SMILES string of the molecule is CCNC(=NCCn1cc(C)cn1)NC(C)c1ccc(OCC)c(OCC)c1. The standard InChI is InChI=1S/C21H33N5O2/c1-6-22-21(23-11-12-26-15-16(4)14-24-26)25-17(5)18-9-10-19(27-7-2)20(13-18)28-8-3/h9-10,13-15,17H,6-8,11-12H2,1-5H3,(H2,22,23,25). The molecule has 7 nitrogen and oxygen atoms in total. The van der Waals surface area contributed by atoms with Crippen molar-refractivity contribution in [1.82, 2.24) is 20.4 Å². The zero-order valence-corrected chi connectivity index (χ0v) is 17.7. The van der Waals surface area contributed by atoms with E-state index in [9.17, 15) is 0 Å². The Morgan fingerprint density at radius 1 is 1.18 bits per heavy atom. The molecule has 28 heavy (non-hydrogen) atoms. The van der Waals surface area contributed by atoms with Crippen LogP contribution in [0.4, 0.5) is 0 Å². The number of benzene rings is 1. The lowest BCUT2D eigenvalue weighted by atomic mass is 10.1. The molecule has 0 fully saturated rings. The van der Waals surface area contributed by atoms with E-state index in [1.807, 2.05) is 50.0 Å². The molecule has 0 saturated heterocycles. The second-order valence-electron chi connectivity index (χ2n) is 6.48. The van der Waals surface area contributed by atoms with Gasteiger partial charge in [-0.15, -0.1) is 0 Å². The minimum atomic E-state index is 0.0691. The van der Waals surface area contributed by atoms with E-state index in [1.165, 1.54) is 0 Å². The molecule has 0 bridgehead atoms. The summed E-state index contributed by atoms with van der Waals surface area (Å²) < 4.78 is 13.3. The molecule has 2 rings (SSSR count). The minimum absolute atomic E-state index is 0.0691. The number of aromatic nitrogens is 2. The Morgan fingerprint density at radius 2 is 1.93 bits per heavy atom. The highest BCUT2D eigenvalue weighted by Crippen LogP contribution is 2.30. The topological polar surface area (TPSA) is 72.7 Å². The molecule has 1 unspecified atom stereocenters. The number of aliphatic imine (C=N–C) groups is 1. The van der Waals surface area contributed by atoms with Crippen LogP contribution < -0.4 is 20.1 Å². The Balaban J connectivity index is 2.04. The zero-order chi connectivity index (χ0) is 20.4. The van der Waals surface area contributed by atoms with Gasteiger partial charge in [0.05, 0.1) is 38.5 Å². The lowest BCUT2D eigenvalue weighted by molar-refractivity contribution is 0.287. The van der Waals surface area contributed by atoms with Crippen LogP contribution in [0.1, 0.15) is 44.9 Å². The van der Waals surface area contributed by atoms with Crippen LogP contribution in [0.2, 0.25) is 0 Å². The van der Waals surface area contributed by atoms with Gasteiger partial charge in [0.2, 0.25) is 0 Å². The van der Waals surface area contributed by atoms with Crippen LogP contribution in [0.3, 0.4) is 0 Å². The summed E-state index contributed by atoms with van der Waals surface area (Å²) in [6, 6.07) is 6.12. The van der Waals surface area contributed by atoms with Gasteiger partial charge in [-0.05, 0) is 57.9 Å². The number of guanidine groups is 1. The number of hydrogen-bond acceptors (Lipinski definition) is 4. The molecular weight excluding hydrogens is 354 g/mol. The Labute approximate surface area is 168 Å². The summed E-state index contributed by atoms with van der Waals surface area (Å²) in [5, 5.41) is 11.1. The van der Waals surface area contributed by atoms with Gasteiger partial charge < -0.3 is 20.1 Å². The molecule has 154 valence electrons. The summed E-state index contributed by atoms with van der Waals surface area (Å²) in [5.74, 6) is 2.33. The Bertz CT molecular complexity index is 757. The van der Waals surface area contributed by atoms with Crippen LogP contribution >= 0.6 is 0 Å². The monoisotopic (exact) mass is 387 g/mol. The fraction of sp³-hybridized carbons (Fsp3) is 0.524. The lowest BCUT2D eigenvalue weighted by Gasteiger charge is -2.20. The van der Waals surface area contributed by atoms with Gasteiger partial charge in [0.1, 0.15) is 0 Å². The molecule has 0 aliphatic carbocycles. The molecule has 1 heterocycles. The van der Waals surface area contributed by atoms with Gasteiger partial charge in [-0.1, -0.05) is 6.07 Å². The minimum Gasteiger partial charge on any atom is -0.490 e. The molecule has 0 aliphatic rings. The van der Waals surface area contributed by atoms with Crippen LogP contribution in [0.15, 0.2) is 35.6 Å². The fourth-order valence-electron chi connectivity index (χ4n) is 2.80. The molecule has 2 N–H and O–H groups in total. The van der Waals surface area contributed by atoms with Gasteiger partial charge >= 0.3 is 0 Å². The molecule has 1 atom stereocenters. The average molecular weight is 388 g/mol. The van der Waals surface area contributed by atoms with E-state index in [-0.39, 0.29) is 6.04 Å². The number of aryl methyl sites for hydroxylation is 1. The lowest BCUT2D eigenvalue weighted by Crippen LogP contribution is -2.39. The quantitative estimate of drug-likeness (QED) is 0.483. The predicted molar refractivity (Wildman–Crippen MR) is 113 cm³/mol.